The number of nitrogens with zero attached hydrogens (tertiary/aromatic N) is 1. The summed E-state index contributed by atoms with van der Waals surface area (Å²) in [4.78, 5) is 15.6. The highest BCUT2D eigenvalue weighted by Gasteiger charge is 2.17. The van der Waals surface area contributed by atoms with E-state index in [1.54, 1.807) is 12.4 Å². The van der Waals surface area contributed by atoms with Gasteiger partial charge in [-0.3, -0.25) is 0 Å². The molecule has 0 aromatic carbocycles. The SMILES string of the molecule is C#CC(CCC)Nc1scnc1C(=O)OCC. The number of carbonyl (C=O) groups excluding carboxylic acids is 1. The summed E-state index contributed by atoms with van der Waals surface area (Å²) in [6.45, 7) is 4.16. The van der Waals surface area contributed by atoms with Gasteiger partial charge < -0.3 is 10.1 Å². The lowest BCUT2D eigenvalue weighted by molar-refractivity contribution is 0.0521. The van der Waals surface area contributed by atoms with Crippen LogP contribution in [0.15, 0.2) is 5.51 Å². The first-order chi connectivity index (χ1) is 8.22. The number of ether oxygens (including phenoxy) is 1. The maximum Gasteiger partial charge on any atom is 0.360 e. The summed E-state index contributed by atoms with van der Waals surface area (Å²) in [6.07, 6.45) is 7.26. The quantitative estimate of drug-likeness (QED) is 0.624. The molecule has 5 heteroatoms. The molecule has 0 spiro atoms. The second kappa shape index (κ2) is 6.92. The van der Waals surface area contributed by atoms with Gasteiger partial charge in [-0.1, -0.05) is 19.3 Å². The van der Waals surface area contributed by atoms with Crippen molar-refractivity contribution in [2.75, 3.05) is 11.9 Å². The van der Waals surface area contributed by atoms with Crippen LogP contribution in [0.1, 0.15) is 37.2 Å². The molecular formula is C12H16N2O2S. The van der Waals surface area contributed by atoms with Crippen LogP contribution in [0.2, 0.25) is 0 Å². The minimum Gasteiger partial charge on any atom is -0.461 e. The smallest absolute Gasteiger partial charge is 0.360 e. The zero-order valence-electron chi connectivity index (χ0n) is 10.0. The molecule has 0 saturated heterocycles. The summed E-state index contributed by atoms with van der Waals surface area (Å²) >= 11 is 1.35. The third kappa shape index (κ3) is 3.75. The molecule has 0 aliphatic heterocycles. The predicted molar refractivity (Wildman–Crippen MR) is 69.2 cm³/mol. The van der Waals surface area contributed by atoms with E-state index in [-0.39, 0.29) is 6.04 Å². The highest BCUT2D eigenvalue weighted by atomic mass is 32.1. The van der Waals surface area contributed by atoms with Crippen molar-refractivity contribution >= 4 is 22.3 Å². The minimum atomic E-state index is -0.413. The van der Waals surface area contributed by atoms with Gasteiger partial charge in [0.05, 0.1) is 18.2 Å². The van der Waals surface area contributed by atoms with Crippen LogP contribution >= 0.6 is 11.3 Å². The molecule has 0 bridgehead atoms. The Bertz CT molecular complexity index is 409. The van der Waals surface area contributed by atoms with Crippen molar-refractivity contribution < 1.29 is 9.53 Å². The average molecular weight is 252 g/mol. The molecule has 0 aliphatic rings. The molecular weight excluding hydrogens is 236 g/mol. The van der Waals surface area contributed by atoms with Crippen molar-refractivity contribution in [2.45, 2.75) is 32.7 Å². The molecule has 17 heavy (non-hydrogen) atoms. The van der Waals surface area contributed by atoms with Gasteiger partial charge in [0, 0.05) is 0 Å². The molecule has 1 atom stereocenters. The van der Waals surface area contributed by atoms with Crippen molar-refractivity contribution in [1.29, 1.82) is 0 Å². The van der Waals surface area contributed by atoms with Crippen LogP contribution in [0.25, 0.3) is 0 Å². The zero-order valence-corrected chi connectivity index (χ0v) is 10.8. The first-order valence-corrected chi connectivity index (χ1v) is 6.44. The van der Waals surface area contributed by atoms with E-state index in [1.165, 1.54) is 11.3 Å². The van der Waals surface area contributed by atoms with Gasteiger partial charge in [-0.2, -0.15) is 0 Å². The number of terminal acetylenes is 1. The van der Waals surface area contributed by atoms with Gasteiger partial charge in [0.25, 0.3) is 0 Å². The maximum absolute atomic E-state index is 11.6. The maximum atomic E-state index is 11.6. The molecule has 1 aromatic rings. The van der Waals surface area contributed by atoms with Crippen LogP contribution in [0, 0.1) is 12.3 Å². The molecule has 0 fully saturated rings. The molecule has 0 saturated carbocycles. The monoisotopic (exact) mass is 252 g/mol. The molecule has 4 nitrogen and oxygen atoms in total. The Morgan fingerprint density at radius 3 is 3.06 bits per heavy atom. The van der Waals surface area contributed by atoms with Gasteiger partial charge in [0.2, 0.25) is 0 Å². The van der Waals surface area contributed by atoms with E-state index in [4.69, 9.17) is 11.2 Å². The largest absolute Gasteiger partial charge is 0.461 e. The third-order valence-corrected chi connectivity index (χ3v) is 2.88. The molecule has 1 rings (SSSR count). The number of aromatic nitrogens is 1. The number of thiazole rings is 1. The van der Waals surface area contributed by atoms with Crippen LogP contribution in [-0.4, -0.2) is 23.6 Å². The number of rotatable bonds is 6. The summed E-state index contributed by atoms with van der Waals surface area (Å²) in [6, 6.07) is -0.0753. The number of nitrogens with one attached hydrogen (secondary N) is 1. The second-order valence-electron chi connectivity index (χ2n) is 3.40. The highest BCUT2D eigenvalue weighted by molar-refractivity contribution is 7.14. The molecule has 1 N–H and O–H groups in total. The van der Waals surface area contributed by atoms with Crippen LogP contribution in [0.5, 0.6) is 0 Å². The number of hydrogen-bond acceptors (Lipinski definition) is 5. The Labute approximate surface area is 105 Å². The third-order valence-electron chi connectivity index (χ3n) is 2.12. The summed E-state index contributed by atoms with van der Waals surface area (Å²) in [5.74, 6) is 2.24. The predicted octanol–water partition coefficient (Wildman–Crippen LogP) is 2.53. The Morgan fingerprint density at radius 2 is 2.47 bits per heavy atom. The molecule has 92 valence electrons. The zero-order chi connectivity index (χ0) is 12.7. The van der Waals surface area contributed by atoms with Crippen molar-refractivity contribution in [1.82, 2.24) is 4.98 Å². The fourth-order valence-electron chi connectivity index (χ4n) is 1.34. The van der Waals surface area contributed by atoms with Crippen molar-refractivity contribution in [2.24, 2.45) is 0 Å². The van der Waals surface area contributed by atoms with Gasteiger partial charge in [-0.15, -0.1) is 17.8 Å². The van der Waals surface area contributed by atoms with Crippen molar-refractivity contribution in [3.05, 3.63) is 11.2 Å². The topological polar surface area (TPSA) is 51.2 Å². The fraction of sp³-hybridized carbons (Fsp3) is 0.500. The van der Waals surface area contributed by atoms with Gasteiger partial charge in [0.1, 0.15) is 5.00 Å². The van der Waals surface area contributed by atoms with E-state index < -0.39 is 5.97 Å². The molecule has 0 amide bonds. The number of esters is 1. The first-order valence-electron chi connectivity index (χ1n) is 5.56. The standard InChI is InChI=1S/C12H16N2O2S/c1-4-7-9(5-2)14-11-10(13-8-17-11)12(15)16-6-3/h2,8-9,14H,4,6-7H2,1,3H3. The molecule has 1 unspecified atom stereocenters. The normalized spacial score (nSPS) is 11.6. The van der Waals surface area contributed by atoms with Gasteiger partial charge in [-0.25, -0.2) is 9.78 Å². The Kier molecular flexibility index (Phi) is 5.50. The second-order valence-corrected chi connectivity index (χ2v) is 4.26. The Hall–Kier alpha value is -1.54. The van der Waals surface area contributed by atoms with Crippen molar-refractivity contribution in [3.63, 3.8) is 0 Å². The summed E-state index contributed by atoms with van der Waals surface area (Å²) in [5, 5.41) is 3.82. The van der Waals surface area contributed by atoms with E-state index in [2.05, 4.69) is 23.1 Å². The lowest BCUT2D eigenvalue weighted by atomic mass is 10.2. The van der Waals surface area contributed by atoms with E-state index in [9.17, 15) is 4.79 Å². The lowest BCUT2D eigenvalue weighted by Gasteiger charge is -2.12. The van der Waals surface area contributed by atoms with E-state index in [0.717, 1.165) is 12.8 Å². The number of hydrogen-bond donors (Lipinski definition) is 1. The average Bonchev–Trinajstić information content (AvgIpc) is 2.77. The lowest BCUT2D eigenvalue weighted by Crippen LogP contribution is -2.18. The molecule has 1 aromatic heterocycles. The minimum absolute atomic E-state index is 0.0753. The first kappa shape index (κ1) is 13.5. The van der Waals surface area contributed by atoms with Crippen LogP contribution in [0.3, 0.4) is 0 Å². The summed E-state index contributed by atoms with van der Waals surface area (Å²) in [5.41, 5.74) is 1.92. The molecule has 0 aliphatic carbocycles. The Morgan fingerprint density at radius 1 is 1.71 bits per heavy atom. The number of carbonyl (C=O) groups is 1. The van der Waals surface area contributed by atoms with Gasteiger partial charge >= 0.3 is 5.97 Å². The van der Waals surface area contributed by atoms with Crippen molar-refractivity contribution in [3.8, 4) is 12.3 Å². The van der Waals surface area contributed by atoms with E-state index in [0.29, 0.717) is 17.3 Å². The fourth-order valence-corrected chi connectivity index (χ4v) is 2.06. The number of anilines is 1. The van der Waals surface area contributed by atoms with Crippen LogP contribution in [-0.2, 0) is 4.74 Å². The van der Waals surface area contributed by atoms with E-state index >= 15 is 0 Å². The Balaban J connectivity index is 2.75. The van der Waals surface area contributed by atoms with E-state index in [1.807, 2.05) is 0 Å². The summed E-state index contributed by atoms with van der Waals surface area (Å²) in [7, 11) is 0. The van der Waals surface area contributed by atoms with Gasteiger partial charge in [0.15, 0.2) is 5.69 Å². The van der Waals surface area contributed by atoms with Crippen LogP contribution < -0.4 is 5.32 Å². The molecule has 0 radical (unpaired) electrons. The van der Waals surface area contributed by atoms with Crippen LogP contribution in [0.4, 0.5) is 5.00 Å². The molecule has 1 heterocycles. The highest BCUT2D eigenvalue weighted by Crippen LogP contribution is 2.22. The summed E-state index contributed by atoms with van der Waals surface area (Å²) < 4.78 is 4.92. The van der Waals surface area contributed by atoms with Gasteiger partial charge in [-0.05, 0) is 13.3 Å².